The summed E-state index contributed by atoms with van der Waals surface area (Å²) in [5, 5.41) is 3.16. The highest BCUT2D eigenvalue weighted by molar-refractivity contribution is 5.82. The van der Waals surface area contributed by atoms with Gasteiger partial charge in [0.25, 0.3) is 0 Å². The number of morpholine rings is 1. The fraction of sp³-hybridized carbons (Fsp3) is 0.680. The lowest BCUT2D eigenvalue weighted by molar-refractivity contribution is -0.150. The van der Waals surface area contributed by atoms with Crippen molar-refractivity contribution in [2.24, 2.45) is 17.3 Å². The van der Waals surface area contributed by atoms with Crippen molar-refractivity contribution in [2.75, 3.05) is 65.6 Å². The van der Waals surface area contributed by atoms with E-state index in [0.717, 1.165) is 52.5 Å². The topological polar surface area (TPSA) is 65.1 Å². The number of hydrogen-bond donors (Lipinski definition) is 1. The van der Waals surface area contributed by atoms with Crippen molar-refractivity contribution in [1.29, 1.82) is 0 Å². The zero-order valence-corrected chi connectivity index (χ0v) is 19.6. The summed E-state index contributed by atoms with van der Waals surface area (Å²) in [7, 11) is 0. The van der Waals surface area contributed by atoms with Crippen LogP contribution in [0.25, 0.3) is 0 Å². The molecule has 0 bridgehead atoms. The van der Waals surface area contributed by atoms with Gasteiger partial charge in [-0.1, -0.05) is 44.2 Å². The molecule has 1 spiro atoms. The van der Waals surface area contributed by atoms with Crippen LogP contribution >= 0.6 is 0 Å². The van der Waals surface area contributed by atoms with Crippen molar-refractivity contribution in [1.82, 2.24) is 20.0 Å². The predicted octanol–water partition coefficient (Wildman–Crippen LogP) is 1.44. The minimum absolute atomic E-state index is 0.0618. The largest absolute Gasteiger partial charge is 0.379 e. The van der Waals surface area contributed by atoms with E-state index in [1.165, 1.54) is 5.56 Å². The number of hydrogen-bond acceptors (Lipinski definition) is 5. The summed E-state index contributed by atoms with van der Waals surface area (Å²) in [6, 6.07) is 10.4. The molecular weight excluding hydrogens is 404 g/mol. The molecule has 1 N–H and O–H groups in total. The molecule has 0 aromatic heterocycles. The van der Waals surface area contributed by atoms with E-state index in [1.807, 2.05) is 11.0 Å². The van der Waals surface area contributed by atoms with E-state index in [0.29, 0.717) is 32.0 Å². The zero-order chi connectivity index (χ0) is 22.6. The van der Waals surface area contributed by atoms with Gasteiger partial charge in [0.15, 0.2) is 0 Å². The monoisotopic (exact) mass is 442 g/mol. The number of rotatable bonds is 8. The number of amides is 2. The van der Waals surface area contributed by atoms with Crippen LogP contribution in [0, 0.1) is 17.3 Å². The Balaban J connectivity index is 1.35. The molecule has 0 radical (unpaired) electrons. The first kappa shape index (κ1) is 23.2. The smallest absolute Gasteiger partial charge is 0.225 e. The first-order valence-corrected chi connectivity index (χ1v) is 12.1. The van der Waals surface area contributed by atoms with Gasteiger partial charge < -0.3 is 15.0 Å². The van der Waals surface area contributed by atoms with Crippen LogP contribution in [-0.2, 0) is 20.9 Å². The van der Waals surface area contributed by atoms with Gasteiger partial charge in [0.1, 0.15) is 0 Å². The van der Waals surface area contributed by atoms with Gasteiger partial charge in [0, 0.05) is 70.7 Å². The molecule has 1 aromatic carbocycles. The first-order chi connectivity index (χ1) is 15.4. The lowest BCUT2D eigenvalue weighted by Gasteiger charge is -2.50. The second-order valence-corrected chi connectivity index (χ2v) is 10.2. The van der Waals surface area contributed by atoms with Crippen molar-refractivity contribution < 1.29 is 14.3 Å². The molecule has 1 unspecified atom stereocenters. The van der Waals surface area contributed by atoms with Gasteiger partial charge in [-0.2, -0.15) is 0 Å². The first-order valence-electron chi connectivity index (χ1n) is 12.1. The van der Waals surface area contributed by atoms with Gasteiger partial charge in [0.05, 0.1) is 19.1 Å². The zero-order valence-electron chi connectivity index (χ0n) is 19.6. The Hall–Kier alpha value is -1.96. The molecule has 1 atom stereocenters. The molecule has 7 heteroatoms. The maximum atomic E-state index is 13.1. The minimum atomic E-state index is -0.121. The fourth-order valence-electron chi connectivity index (χ4n) is 5.27. The van der Waals surface area contributed by atoms with E-state index in [4.69, 9.17) is 4.74 Å². The Bertz CT molecular complexity index is 773. The van der Waals surface area contributed by atoms with Gasteiger partial charge in [-0.25, -0.2) is 0 Å². The quantitative estimate of drug-likeness (QED) is 0.660. The van der Waals surface area contributed by atoms with Gasteiger partial charge in [-0.05, 0) is 11.5 Å². The van der Waals surface area contributed by atoms with Crippen LogP contribution in [-0.4, -0.2) is 92.1 Å². The molecule has 176 valence electrons. The molecule has 3 saturated heterocycles. The van der Waals surface area contributed by atoms with Gasteiger partial charge >= 0.3 is 0 Å². The summed E-state index contributed by atoms with van der Waals surface area (Å²) in [6.45, 7) is 12.9. The summed E-state index contributed by atoms with van der Waals surface area (Å²) in [4.78, 5) is 32.6. The van der Waals surface area contributed by atoms with Crippen LogP contribution < -0.4 is 5.32 Å². The number of likely N-dealkylation sites (tertiary alicyclic amines) is 2. The highest BCUT2D eigenvalue weighted by Crippen LogP contribution is 2.44. The van der Waals surface area contributed by atoms with Crippen LogP contribution in [0.15, 0.2) is 30.3 Å². The highest BCUT2D eigenvalue weighted by Gasteiger charge is 2.57. The Morgan fingerprint density at radius 1 is 1.09 bits per heavy atom. The van der Waals surface area contributed by atoms with Crippen LogP contribution in [0.4, 0.5) is 0 Å². The number of carbonyl (C=O) groups is 2. The van der Waals surface area contributed by atoms with E-state index >= 15 is 0 Å². The van der Waals surface area contributed by atoms with Crippen molar-refractivity contribution >= 4 is 11.8 Å². The SMILES string of the molecule is CC(C)CNC(=O)C1CN(Cc2ccccc2)CC12CN(C(=O)CCN1CCOCC1)C2. The predicted molar refractivity (Wildman–Crippen MR) is 124 cm³/mol. The molecule has 0 aliphatic carbocycles. The van der Waals surface area contributed by atoms with Gasteiger partial charge in [0.2, 0.25) is 11.8 Å². The Kier molecular flexibility index (Phi) is 7.48. The number of benzene rings is 1. The molecule has 2 amide bonds. The summed E-state index contributed by atoms with van der Waals surface area (Å²) in [5.74, 6) is 0.726. The maximum absolute atomic E-state index is 13.1. The van der Waals surface area contributed by atoms with Crippen LogP contribution in [0.2, 0.25) is 0 Å². The van der Waals surface area contributed by atoms with Crippen LogP contribution in [0.5, 0.6) is 0 Å². The number of carbonyl (C=O) groups excluding carboxylic acids is 2. The standard InChI is InChI=1S/C25H38N4O3/c1-20(2)14-26-24(31)22-16-28(15-21-6-4-3-5-7-21)17-25(22)18-29(19-25)23(30)8-9-27-10-12-32-13-11-27/h3-7,20,22H,8-19H2,1-2H3,(H,26,31). The van der Waals surface area contributed by atoms with Crippen LogP contribution in [0.1, 0.15) is 25.8 Å². The Labute approximate surface area is 192 Å². The lowest BCUT2D eigenvalue weighted by Crippen LogP contribution is -2.64. The molecule has 3 fully saturated rings. The average molecular weight is 443 g/mol. The minimum Gasteiger partial charge on any atom is -0.379 e. The number of nitrogens with one attached hydrogen (secondary N) is 1. The Morgan fingerprint density at radius 3 is 2.50 bits per heavy atom. The average Bonchev–Trinajstić information content (AvgIpc) is 3.16. The van der Waals surface area contributed by atoms with E-state index in [1.54, 1.807) is 0 Å². The van der Waals surface area contributed by atoms with Crippen LogP contribution in [0.3, 0.4) is 0 Å². The van der Waals surface area contributed by atoms with E-state index in [2.05, 4.69) is 53.2 Å². The summed E-state index contributed by atoms with van der Waals surface area (Å²) in [5.41, 5.74) is 1.15. The van der Waals surface area contributed by atoms with E-state index in [9.17, 15) is 9.59 Å². The Morgan fingerprint density at radius 2 is 1.81 bits per heavy atom. The molecule has 3 aliphatic rings. The number of ether oxygens (including phenoxy) is 1. The molecule has 4 rings (SSSR count). The van der Waals surface area contributed by atoms with Crippen molar-refractivity contribution in [3.8, 4) is 0 Å². The summed E-state index contributed by atoms with van der Waals surface area (Å²) in [6.07, 6.45) is 0.550. The van der Waals surface area contributed by atoms with Crippen molar-refractivity contribution in [2.45, 2.75) is 26.8 Å². The second-order valence-electron chi connectivity index (χ2n) is 10.2. The maximum Gasteiger partial charge on any atom is 0.225 e. The van der Waals surface area contributed by atoms with Gasteiger partial charge in [-0.15, -0.1) is 0 Å². The summed E-state index contributed by atoms with van der Waals surface area (Å²) >= 11 is 0. The van der Waals surface area contributed by atoms with Crippen molar-refractivity contribution in [3.05, 3.63) is 35.9 Å². The molecule has 0 saturated carbocycles. The molecule has 3 aliphatic heterocycles. The third-order valence-corrected chi connectivity index (χ3v) is 7.08. The second kappa shape index (κ2) is 10.3. The third-order valence-electron chi connectivity index (χ3n) is 7.08. The van der Waals surface area contributed by atoms with Gasteiger partial charge in [-0.3, -0.25) is 19.4 Å². The third kappa shape index (κ3) is 5.50. The molecule has 3 heterocycles. The number of nitrogens with zero attached hydrogens (tertiary/aromatic N) is 3. The lowest BCUT2D eigenvalue weighted by atomic mass is 9.71. The molecular formula is C25H38N4O3. The fourth-order valence-corrected chi connectivity index (χ4v) is 5.27. The van der Waals surface area contributed by atoms with E-state index < -0.39 is 0 Å². The molecule has 32 heavy (non-hydrogen) atoms. The highest BCUT2D eigenvalue weighted by atomic mass is 16.5. The van der Waals surface area contributed by atoms with E-state index in [-0.39, 0.29) is 23.1 Å². The van der Waals surface area contributed by atoms with Crippen molar-refractivity contribution in [3.63, 3.8) is 0 Å². The normalized spacial score (nSPS) is 23.5. The molecule has 1 aromatic rings. The molecule has 7 nitrogen and oxygen atoms in total. The summed E-state index contributed by atoms with van der Waals surface area (Å²) < 4.78 is 5.39.